The zero-order valence-electron chi connectivity index (χ0n) is 16.3. The van der Waals surface area contributed by atoms with Crippen LogP contribution < -0.4 is 5.32 Å². The van der Waals surface area contributed by atoms with Gasteiger partial charge in [-0.25, -0.2) is 8.42 Å². The molecule has 1 saturated carbocycles. The fourth-order valence-electron chi connectivity index (χ4n) is 4.23. The molecule has 2 fully saturated rings. The van der Waals surface area contributed by atoms with Gasteiger partial charge in [-0.05, 0) is 56.7 Å². The van der Waals surface area contributed by atoms with Gasteiger partial charge in [-0.15, -0.1) is 0 Å². The summed E-state index contributed by atoms with van der Waals surface area (Å²) in [6.45, 7) is 3.20. The molecule has 27 heavy (non-hydrogen) atoms. The van der Waals surface area contributed by atoms with E-state index in [1.54, 1.807) is 16.4 Å². The van der Waals surface area contributed by atoms with Gasteiger partial charge in [0.25, 0.3) is 0 Å². The minimum Gasteiger partial charge on any atom is -0.356 e. The first kappa shape index (κ1) is 20.3. The Bertz CT molecular complexity index is 724. The number of carbonyl (C=O) groups excluding carboxylic acids is 1. The van der Waals surface area contributed by atoms with Gasteiger partial charge in [0.1, 0.15) is 0 Å². The summed E-state index contributed by atoms with van der Waals surface area (Å²) < 4.78 is 27.3. The molecule has 1 aliphatic carbocycles. The molecule has 1 saturated heterocycles. The summed E-state index contributed by atoms with van der Waals surface area (Å²) in [5.74, 6) is 0.353. The zero-order valence-corrected chi connectivity index (χ0v) is 17.1. The summed E-state index contributed by atoms with van der Waals surface area (Å²) in [5.41, 5.74) is 1.05. The molecule has 1 aliphatic heterocycles. The van der Waals surface area contributed by atoms with E-state index in [9.17, 15) is 13.2 Å². The van der Waals surface area contributed by atoms with Gasteiger partial charge in [0, 0.05) is 25.0 Å². The number of hydrogen-bond donors (Lipinski definition) is 1. The van der Waals surface area contributed by atoms with Crippen LogP contribution in [0.3, 0.4) is 0 Å². The molecule has 1 amide bonds. The highest BCUT2D eigenvalue weighted by Crippen LogP contribution is 2.25. The van der Waals surface area contributed by atoms with Crippen LogP contribution in [0.1, 0.15) is 63.9 Å². The van der Waals surface area contributed by atoms with Gasteiger partial charge in [0.2, 0.25) is 15.9 Å². The maximum Gasteiger partial charge on any atom is 0.243 e. The molecule has 1 heterocycles. The van der Waals surface area contributed by atoms with E-state index in [-0.39, 0.29) is 17.9 Å². The largest absolute Gasteiger partial charge is 0.356 e. The number of piperidine rings is 1. The summed E-state index contributed by atoms with van der Waals surface area (Å²) in [7, 11) is -3.41. The third-order valence-electron chi connectivity index (χ3n) is 5.96. The lowest BCUT2D eigenvalue weighted by Gasteiger charge is -2.32. The molecule has 1 aromatic carbocycles. The predicted molar refractivity (Wildman–Crippen MR) is 107 cm³/mol. The molecule has 5 nitrogen and oxygen atoms in total. The second-order valence-electron chi connectivity index (χ2n) is 7.98. The van der Waals surface area contributed by atoms with Crippen molar-refractivity contribution in [1.29, 1.82) is 0 Å². The number of benzene rings is 1. The Morgan fingerprint density at radius 1 is 1.04 bits per heavy atom. The third-order valence-corrected chi connectivity index (χ3v) is 7.99. The van der Waals surface area contributed by atoms with Crippen molar-refractivity contribution in [3.8, 4) is 0 Å². The number of amides is 1. The summed E-state index contributed by atoms with van der Waals surface area (Å²) in [6.07, 6.45) is 9.25. The van der Waals surface area contributed by atoms with Crippen molar-refractivity contribution in [3.05, 3.63) is 29.8 Å². The Kier molecular flexibility index (Phi) is 6.93. The van der Waals surface area contributed by atoms with Crippen molar-refractivity contribution in [2.45, 2.75) is 75.6 Å². The van der Waals surface area contributed by atoms with Gasteiger partial charge in [-0.2, -0.15) is 4.31 Å². The lowest BCUT2D eigenvalue weighted by atomic mass is 9.88. The van der Waals surface area contributed by atoms with E-state index < -0.39 is 10.0 Å². The zero-order chi connectivity index (χ0) is 19.3. The van der Waals surface area contributed by atoms with Crippen molar-refractivity contribution in [2.24, 2.45) is 5.92 Å². The van der Waals surface area contributed by atoms with Crippen molar-refractivity contribution in [3.63, 3.8) is 0 Å². The molecule has 0 bridgehead atoms. The second-order valence-corrected chi connectivity index (χ2v) is 9.87. The molecule has 2 aliphatic rings. The predicted octanol–water partition coefficient (Wildman–Crippen LogP) is 3.49. The van der Waals surface area contributed by atoms with Crippen molar-refractivity contribution >= 4 is 15.9 Å². The number of sulfonamides is 1. The molecule has 1 aromatic rings. The number of carbonyl (C=O) groups is 1. The van der Waals surface area contributed by atoms with E-state index >= 15 is 0 Å². The number of hydrogen-bond acceptors (Lipinski definition) is 3. The topological polar surface area (TPSA) is 66.5 Å². The molecule has 1 N–H and O–H groups in total. The average Bonchev–Trinajstić information content (AvgIpc) is 2.69. The first-order chi connectivity index (χ1) is 13.0. The van der Waals surface area contributed by atoms with E-state index in [0.717, 1.165) is 56.9 Å². The van der Waals surface area contributed by atoms with Crippen LogP contribution in [0, 0.1) is 5.92 Å². The number of rotatable bonds is 6. The quantitative estimate of drug-likeness (QED) is 0.806. The van der Waals surface area contributed by atoms with Crippen molar-refractivity contribution in [1.82, 2.24) is 9.62 Å². The van der Waals surface area contributed by atoms with Crippen molar-refractivity contribution in [2.75, 3.05) is 13.1 Å². The first-order valence-corrected chi connectivity index (χ1v) is 11.8. The van der Waals surface area contributed by atoms with Crippen LogP contribution in [0.15, 0.2) is 29.2 Å². The second kappa shape index (κ2) is 9.20. The Balaban J connectivity index is 1.53. The minimum atomic E-state index is -3.41. The maximum absolute atomic E-state index is 12.9. The fourth-order valence-corrected chi connectivity index (χ4v) is 5.93. The molecule has 0 spiro atoms. The van der Waals surface area contributed by atoms with Gasteiger partial charge in [-0.1, -0.05) is 37.8 Å². The summed E-state index contributed by atoms with van der Waals surface area (Å²) in [5, 5.41) is 3.04. The van der Waals surface area contributed by atoms with E-state index in [2.05, 4.69) is 5.32 Å². The van der Waals surface area contributed by atoms with E-state index in [0.29, 0.717) is 18.0 Å². The highest BCUT2D eigenvalue weighted by Gasteiger charge is 2.30. The van der Waals surface area contributed by atoms with E-state index in [1.807, 2.05) is 19.1 Å². The van der Waals surface area contributed by atoms with Gasteiger partial charge in [-0.3, -0.25) is 4.79 Å². The maximum atomic E-state index is 12.9. The average molecular weight is 393 g/mol. The van der Waals surface area contributed by atoms with Gasteiger partial charge < -0.3 is 5.32 Å². The molecular formula is C21H32N2O3S. The lowest BCUT2D eigenvalue weighted by Crippen LogP contribution is -2.41. The lowest BCUT2D eigenvalue weighted by molar-refractivity contribution is -0.125. The molecule has 1 atom stereocenters. The fraction of sp³-hybridized carbons (Fsp3) is 0.667. The SMILES string of the molecule is CC1CCCCN1S(=O)(=O)c1ccc(CCNC(=O)C2CCCCC2)cc1. The standard InChI is InChI=1S/C21H32N2O3S/c1-17-7-5-6-16-23(17)27(25,26)20-12-10-18(11-13-20)14-15-22-21(24)19-8-3-2-4-9-19/h10-13,17,19H,2-9,14-16H2,1H3,(H,22,24). The van der Waals surface area contributed by atoms with E-state index in [4.69, 9.17) is 0 Å². The molecule has 6 heteroatoms. The Labute approximate surface area is 163 Å². The minimum absolute atomic E-state index is 0.0680. The highest BCUT2D eigenvalue weighted by atomic mass is 32.2. The smallest absolute Gasteiger partial charge is 0.243 e. The van der Waals surface area contributed by atoms with Crippen LogP contribution in [0.25, 0.3) is 0 Å². The van der Waals surface area contributed by atoms with Gasteiger partial charge >= 0.3 is 0 Å². The summed E-state index contributed by atoms with van der Waals surface area (Å²) in [6, 6.07) is 7.21. The summed E-state index contributed by atoms with van der Waals surface area (Å²) >= 11 is 0. The normalized spacial score (nSPS) is 22.5. The molecule has 1 unspecified atom stereocenters. The Morgan fingerprint density at radius 3 is 2.37 bits per heavy atom. The molecule has 0 aromatic heterocycles. The van der Waals surface area contributed by atoms with Gasteiger partial charge in [0.05, 0.1) is 4.90 Å². The van der Waals surface area contributed by atoms with Crippen LogP contribution >= 0.6 is 0 Å². The van der Waals surface area contributed by atoms with Crippen molar-refractivity contribution < 1.29 is 13.2 Å². The molecule has 150 valence electrons. The van der Waals surface area contributed by atoms with Crippen LogP contribution in [0.2, 0.25) is 0 Å². The van der Waals surface area contributed by atoms with Crippen LogP contribution in [-0.2, 0) is 21.2 Å². The van der Waals surface area contributed by atoms with Crippen LogP contribution in [-0.4, -0.2) is 37.8 Å². The third kappa shape index (κ3) is 5.11. The molecule has 3 rings (SSSR count). The summed E-state index contributed by atoms with van der Waals surface area (Å²) in [4.78, 5) is 12.6. The Morgan fingerprint density at radius 2 is 1.70 bits per heavy atom. The Hall–Kier alpha value is -1.40. The molecular weight excluding hydrogens is 360 g/mol. The van der Waals surface area contributed by atoms with Crippen LogP contribution in [0.4, 0.5) is 0 Å². The monoisotopic (exact) mass is 392 g/mol. The molecule has 0 radical (unpaired) electrons. The first-order valence-electron chi connectivity index (χ1n) is 10.4. The van der Waals surface area contributed by atoms with Crippen LogP contribution in [0.5, 0.6) is 0 Å². The highest BCUT2D eigenvalue weighted by molar-refractivity contribution is 7.89. The van der Waals surface area contributed by atoms with E-state index in [1.165, 1.54) is 6.42 Å². The van der Waals surface area contributed by atoms with Gasteiger partial charge in [0.15, 0.2) is 0 Å². The number of nitrogens with one attached hydrogen (secondary N) is 1. The number of nitrogens with zero attached hydrogens (tertiary/aromatic N) is 1.